The number of Topliss-reactive ketones (excluding diaryl/α,β-unsaturated/α-hetero) is 1. The molecule has 5 nitrogen and oxygen atoms in total. The monoisotopic (exact) mass is 370 g/mol. The number of hydrogen-bond acceptors (Lipinski definition) is 4. The van der Waals surface area contributed by atoms with Gasteiger partial charge >= 0.3 is 6.03 Å². The van der Waals surface area contributed by atoms with Crippen LogP contribution in [0.15, 0.2) is 22.9 Å². The molecule has 0 spiro atoms. The zero-order valence-corrected chi connectivity index (χ0v) is 16.4. The molecule has 0 bridgehead atoms. The molecule has 1 atom stereocenters. The minimum atomic E-state index is -1.12. The topological polar surface area (TPSA) is 66.5 Å². The second kappa shape index (κ2) is 6.36. The number of nitrogens with one attached hydrogen (secondary N) is 1. The molecule has 2 heterocycles. The third-order valence-corrected chi connectivity index (χ3v) is 6.14. The van der Waals surface area contributed by atoms with Crippen LogP contribution in [-0.4, -0.2) is 29.2 Å². The van der Waals surface area contributed by atoms with E-state index in [0.717, 1.165) is 32.7 Å². The number of carbonyl (C=O) groups excluding carboxylic acids is 3. The van der Waals surface area contributed by atoms with Gasteiger partial charge in [0, 0.05) is 5.56 Å². The van der Waals surface area contributed by atoms with Crippen LogP contribution in [0.3, 0.4) is 0 Å². The number of urea groups is 1. The van der Waals surface area contributed by atoms with Crippen molar-refractivity contribution in [3.63, 3.8) is 0 Å². The number of nitrogens with zero attached hydrogens (tertiary/aromatic N) is 1. The van der Waals surface area contributed by atoms with Crippen molar-refractivity contribution in [1.29, 1.82) is 0 Å². The zero-order valence-electron chi connectivity index (χ0n) is 15.6. The summed E-state index contributed by atoms with van der Waals surface area (Å²) in [5.41, 5.74) is 4.31. The van der Waals surface area contributed by atoms with E-state index in [4.69, 9.17) is 0 Å². The quantitative estimate of drug-likeness (QED) is 0.660. The van der Waals surface area contributed by atoms with E-state index in [2.05, 4.69) is 5.32 Å². The van der Waals surface area contributed by atoms with E-state index in [9.17, 15) is 14.4 Å². The van der Waals surface area contributed by atoms with Crippen molar-refractivity contribution in [2.45, 2.75) is 40.2 Å². The van der Waals surface area contributed by atoms with E-state index in [1.807, 2.05) is 50.6 Å². The lowest BCUT2D eigenvalue weighted by Gasteiger charge is -2.20. The molecule has 26 heavy (non-hydrogen) atoms. The number of aryl methyl sites for hydroxylation is 1. The van der Waals surface area contributed by atoms with E-state index in [0.29, 0.717) is 5.56 Å². The van der Waals surface area contributed by atoms with Gasteiger partial charge in [0.15, 0.2) is 5.78 Å². The van der Waals surface area contributed by atoms with Gasteiger partial charge in [-0.15, -0.1) is 0 Å². The number of hydrogen-bond donors (Lipinski definition) is 1. The van der Waals surface area contributed by atoms with Crippen LogP contribution in [0.5, 0.6) is 0 Å². The van der Waals surface area contributed by atoms with Crippen molar-refractivity contribution in [2.75, 3.05) is 6.54 Å². The molecule has 2 aromatic rings. The predicted molar refractivity (Wildman–Crippen MR) is 102 cm³/mol. The second-order valence-corrected chi connectivity index (χ2v) is 7.78. The molecule has 1 aromatic carbocycles. The Kier molecular flexibility index (Phi) is 4.48. The third-order valence-electron chi connectivity index (χ3n) is 5.46. The molecule has 0 radical (unpaired) electrons. The maximum Gasteiger partial charge on any atom is 0.325 e. The van der Waals surface area contributed by atoms with Gasteiger partial charge in [-0.1, -0.05) is 0 Å². The summed E-state index contributed by atoms with van der Waals surface area (Å²) < 4.78 is 0. The van der Waals surface area contributed by atoms with Crippen molar-refractivity contribution >= 4 is 29.1 Å². The first-order valence-corrected chi connectivity index (χ1v) is 9.38. The molecule has 1 N–H and O–H groups in total. The molecule has 1 fully saturated rings. The van der Waals surface area contributed by atoms with E-state index in [1.165, 1.54) is 11.3 Å². The highest BCUT2D eigenvalue weighted by molar-refractivity contribution is 7.08. The first-order valence-electron chi connectivity index (χ1n) is 8.44. The summed E-state index contributed by atoms with van der Waals surface area (Å²) >= 11 is 1.46. The molecule has 3 rings (SSSR count). The summed E-state index contributed by atoms with van der Waals surface area (Å²) in [5.74, 6) is -0.626. The van der Waals surface area contributed by atoms with Gasteiger partial charge in [-0.25, -0.2) is 4.79 Å². The minimum Gasteiger partial charge on any atom is -0.319 e. The molecular weight excluding hydrogens is 348 g/mol. The van der Waals surface area contributed by atoms with Crippen LogP contribution in [0.4, 0.5) is 4.79 Å². The van der Waals surface area contributed by atoms with Crippen LogP contribution in [0.1, 0.15) is 45.1 Å². The highest BCUT2D eigenvalue weighted by Crippen LogP contribution is 2.30. The van der Waals surface area contributed by atoms with Crippen LogP contribution in [0.2, 0.25) is 0 Å². The number of imide groups is 1. The Morgan fingerprint density at radius 1 is 1.15 bits per heavy atom. The van der Waals surface area contributed by atoms with Crippen LogP contribution in [0, 0.1) is 27.7 Å². The first kappa shape index (κ1) is 18.3. The standard InChI is InChI=1S/C20H22N2O3S/c1-11-8-16(14(4)13(3)12(11)2)17(23)9-22-18(24)20(5,21-19(22)25)15-6-7-26-10-15/h6-8,10H,9H2,1-5H3,(H,21,25). The van der Waals surface area contributed by atoms with Gasteiger partial charge in [0.2, 0.25) is 0 Å². The van der Waals surface area contributed by atoms with Gasteiger partial charge in [0.1, 0.15) is 5.54 Å². The molecule has 1 aliphatic rings. The molecule has 1 unspecified atom stereocenters. The summed E-state index contributed by atoms with van der Waals surface area (Å²) in [4.78, 5) is 39.1. The molecule has 3 amide bonds. The van der Waals surface area contributed by atoms with Crippen molar-refractivity contribution in [1.82, 2.24) is 10.2 Å². The maximum atomic E-state index is 12.9. The molecule has 0 aliphatic carbocycles. The third kappa shape index (κ3) is 2.74. The molecule has 6 heteroatoms. The summed E-state index contributed by atoms with van der Waals surface area (Å²) in [7, 11) is 0. The number of carbonyl (C=O) groups is 3. The highest BCUT2D eigenvalue weighted by Gasteiger charge is 2.49. The van der Waals surface area contributed by atoms with Gasteiger partial charge in [-0.05, 0) is 85.3 Å². The van der Waals surface area contributed by atoms with Gasteiger partial charge in [-0.2, -0.15) is 11.3 Å². The summed E-state index contributed by atoms with van der Waals surface area (Å²) in [6.07, 6.45) is 0. The summed E-state index contributed by atoms with van der Waals surface area (Å²) in [5, 5.41) is 6.42. The first-order chi connectivity index (χ1) is 12.2. The van der Waals surface area contributed by atoms with Gasteiger partial charge < -0.3 is 5.32 Å². The van der Waals surface area contributed by atoms with Crippen LogP contribution < -0.4 is 5.32 Å². The number of amides is 3. The fourth-order valence-electron chi connectivity index (χ4n) is 3.32. The smallest absolute Gasteiger partial charge is 0.319 e. The molecule has 1 saturated heterocycles. The fourth-order valence-corrected chi connectivity index (χ4v) is 4.08. The number of ketones is 1. The molecule has 1 aromatic heterocycles. The lowest BCUT2D eigenvalue weighted by Crippen LogP contribution is -2.41. The Labute approximate surface area is 157 Å². The molecular formula is C20H22N2O3S. The van der Waals surface area contributed by atoms with Gasteiger partial charge in [0.25, 0.3) is 5.91 Å². The normalized spacial score (nSPS) is 19.8. The largest absolute Gasteiger partial charge is 0.325 e. The zero-order chi connectivity index (χ0) is 19.2. The molecule has 1 aliphatic heterocycles. The molecule has 0 saturated carbocycles. The summed E-state index contributed by atoms with van der Waals surface area (Å²) in [6.45, 7) is 9.28. The highest BCUT2D eigenvalue weighted by atomic mass is 32.1. The van der Waals surface area contributed by atoms with E-state index >= 15 is 0 Å². The van der Waals surface area contributed by atoms with Crippen LogP contribution in [0.25, 0.3) is 0 Å². The Morgan fingerprint density at radius 2 is 1.85 bits per heavy atom. The predicted octanol–water partition coefficient (Wildman–Crippen LogP) is 3.63. The van der Waals surface area contributed by atoms with Crippen LogP contribution in [-0.2, 0) is 10.3 Å². The van der Waals surface area contributed by atoms with Gasteiger partial charge in [0.05, 0.1) is 6.54 Å². The average molecular weight is 370 g/mol. The van der Waals surface area contributed by atoms with E-state index < -0.39 is 17.5 Å². The number of benzene rings is 1. The maximum absolute atomic E-state index is 12.9. The summed E-state index contributed by atoms with van der Waals surface area (Å²) in [6, 6.07) is 3.12. The van der Waals surface area contributed by atoms with Crippen LogP contribution >= 0.6 is 11.3 Å². The van der Waals surface area contributed by atoms with E-state index in [-0.39, 0.29) is 12.3 Å². The Balaban J connectivity index is 1.89. The number of thiophene rings is 1. The number of rotatable bonds is 4. The van der Waals surface area contributed by atoms with Crippen molar-refractivity contribution < 1.29 is 14.4 Å². The lowest BCUT2D eigenvalue weighted by atomic mass is 9.92. The lowest BCUT2D eigenvalue weighted by molar-refractivity contribution is -0.130. The minimum absolute atomic E-state index is 0.230. The van der Waals surface area contributed by atoms with Crippen molar-refractivity contribution in [3.8, 4) is 0 Å². The second-order valence-electron chi connectivity index (χ2n) is 7.00. The van der Waals surface area contributed by atoms with Crippen molar-refractivity contribution in [3.05, 3.63) is 56.3 Å². The SMILES string of the molecule is Cc1cc(C(=O)CN2C(=O)NC(C)(c3ccsc3)C2=O)c(C)c(C)c1C. The van der Waals surface area contributed by atoms with E-state index in [1.54, 1.807) is 6.92 Å². The Bertz CT molecular complexity index is 918. The fraction of sp³-hybridized carbons (Fsp3) is 0.350. The Hall–Kier alpha value is -2.47. The Morgan fingerprint density at radius 3 is 2.46 bits per heavy atom. The molecule has 136 valence electrons. The van der Waals surface area contributed by atoms with Crippen molar-refractivity contribution in [2.24, 2.45) is 0 Å². The van der Waals surface area contributed by atoms with Gasteiger partial charge in [-0.3, -0.25) is 14.5 Å². The average Bonchev–Trinajstić information content (AvgIpc) is 3.21.